The van der Waals surface area contributed by atoms with Crippen molar-refractivity contribution in [3.8, 4) is 0 Å². The Hall–Kier alpha value is -2.18. The topological polar surface area (TPSA) is 95.9 Å². The minimum atomic E-state index is -0.854. The lowest BCUT2D eigenvalue weighted by Gasteiger charge is -2.20. The summed E-state index contributed by atoms with van der Waals surface area (Å²) in [7, 11) is 0. The van der Waals surface area contributed by atoms with E-state index in [1.807, 2.05) is 6.08 Å². The maximum Gasteiger partial charge on any atom is 0.305 e. The molecule has 0 aromatic heterocycles. The zero-order valence-corrected chi connectivity index (χ0v) is 39.0. The van der Waals surface area contributed by atoms with Gasteiger partial charge in [0.05, 0.1) is 25.4 Å². The molecule has 0 radical (unpaired) electrons. The summed E-state index contributed by atoms with van der Waals surface area (Å²) in [6.07, 6.45) is 59.7. The van der Waals surface area contributed by atoms with Gasteiger partial charge in [0, 0.05) is 12.8 Å². The van der Waals surface area contributed by atoms with Crippen LogP contribution in [0.2, 0.25) is 0 Å². The van der Waals surface area contributed by atoms with Crippen molar-refractivity contribution in [3.05, 3.63) is 48.6 Å². The Labute approximate surface area is 366 Å². The largest absolute Gasteiger partial charge is 0.466 e. The molecule has 0 aliphatic heterocycles. The Bertz CT molecular complexity index is 1000. The van der Waals surface area contributed by atoms with Gasteiger partial charge in [-0.1, -0.05) is 191 Å². The Morgan fingerprint density at radius 3 is 1.31 bits per heavy atom. The van der Waals surface area contributed by atoms with E-state index in [2.05, 4.69) is 55.6 Å². The molecular formula is C53H97NO5. The minimum absolute atomic E-state index is 0.0261. The van der Waals surface area contributed by atoms with Gasteiger partial charge in [-0.05, 0) is 96.3 Å². The molecule has 0 aromatic rings. The zero-order valence-electron chi connectivity index (χ0n) is 39.0. The molecule has 0 heterocycles. The van der Waals surface area contributed by atoms with Crippen molar-refractivity contribution in [1.82, 2.24) is 5.32 Å². The maximum atomic E-state index is 12.4. The number of esters is 1. The molecule has 344 valence electrons. The zero-order chi connectivity index (χ0) is 43.0. The van der Waals surface area contributed by atoms with E-state index in [4.69, 9.17) is 4.74 Å². The number of hydrogen-bond donors (Lipinski definition) is 3. The number of aliphatic hydroxyl groups is 2. The highest BCUT2D eigenvalue weighted by Gasteiger charge is 2.18. The molecule has 6 heteroatoms. The summed E-state index contributed by atoms with van der Waals surface area (Å²) >= 11 is 0. The number of allylic oxidation sites excluding steroid dienone is 7. The SMILES string of the molecule is CCCCCCC/C=C\CCCCCCCC(=O)OCCCCC/C=C\C/C=C\CCCCCCCCCC(=O)NC(CO)C(O)/C=C/CCCCCCCCCCC. The van der Waals surface area contributed by atoms with E-state index in [-0.39, 0.29) is 18.5 Å². The molecule has 0 fully saturated rings. The van der Waals surface area contributed by atoms with Crippen molar-refractivity contribution >= 4 is 11.9 Å². The maximum absolute atomic E-state index is 12.4. The first kappa shape index (κ1) is 56.8. The van der Waals surface area contributed by atoms with Crippen LogP contribution in [0, 0.1) is 0 Å². The third-order valence-corrected chi connectivity index (χ3v) is 11.3. The van der Waals surface area contributed by atoms with Crippen LogP contribution in [0.5, 0.6) is 0 Å². The molecule has 0 saturated carbocycles. The summed E-state index contributed by atoms with van der Waals surface area (Å²) in [6.45, 7) is 4.82. The molecule has 6 nitrogen and oxygen atoms in total. The molecule has 0 aliphatic rings. The number of amides is 1. The fraction of sp³-hybridized carbons (Fsp3) is 0.811. The van der Waals surface area contributed by atoms with Gasteiger partial charge < -0.3 is 20.3 Å². The van der Waals surface area contributed by atoms with E-state index in [0.29, 0.717) is 19.4 Å². The molecule has 1 amide bonds. The van der Waals surface area contributed by atoms with Crippen molar-refractivity contribution in [3.63, 3.8) is 0 Å². The summed E-state index contributed by atoms with van der Waals surface area (Å²) in [4.78, 5) is 24.4. The van der Waals surface area contributed by atoms with Crippen molar-refractivity contribution in [2.24, 2.45) is 0 Å². The molecule has 59 heavy (non-hydrogen) atoms. The summed E-state index contributed by atoms with van der Waals surface area (Å²) < 4.78 is 5.43. The van der Waals surface area contributed by atoms with Gasteiger partial charge in [0.25, 0.3) is 0 Å². The normalized spacial score (nSPS) is 13.1. The molecule has 0 aromatic carbocycles. The van der Waals surface area contributed by atoms with Crippen LogP contribution in [0.4, 0.5) is 0 Å². The molecule has 0 saturated heterocycles. The number of carbonyl (C=O) groups is 2. The smallest absolute Gasteiger partial charge is 0.305 e. The van der Waals surface area contributed by atoms with E-state index in [1.54, 1.807) is 6.08 Å². The summed E-state index contributed by atoms with van der Waals surface area (Å²) in [5.74, 6) is -0.113. The van der Waals surface area contributed by atoms with Crippen molar-refractivity contribution in [2.75, 3.05) is 13.2 Å². The number of aliphatic hydroxyl groups excluding tert-OH is 2. The van der Waals surface area contributed by atoms with E-state index in [9.17, 15) is 19.8 Å². The summed E-state index contributed by atoms with van der Waals surface area (Å²) in [6, 6.07) is -0.639. The molecule has 2 unspecified atom stereocenters. The summed E-state index contributed by atoms with van der Waals surface area (Å²) in [5, 5.41) is 22.9. The van der Waals surface area contributed by atoms with Crippen molar-refractivity contribution in [1.29, 1.82) is 0 Å². The van der Waals surface area contributed by atoms with Crippen LogP contribution in [0.25, 0.3) is 0 Å². The van der Waals surface area contributed by atoms with Gasteiger partial charge >= 0.3 is 5.97 Å². The third kappa shape index (κ3) is 45.2. The van der Waals surface area contributed by atoms with E-state index in [0.717, 1.165) is 83.5 Å². The number of rotatable bonds is 46. The average molecular weight is 828 g/mol. The van der Waals surface area contributed by atoms with Crippen LogP contribution in [0.1, 0.15) is 251 Å². The predicted molar refractivity (Wildman–Crippen MR) is 255 cm³/mol. The predicted octanol–water partition coefficient (Wildman–Crippen LogP) is 15.1. The molecular weight excluding hydrogens is 731 g/mol. The van der Waals surface area contributed by atoms with Crippen LogP contribution in [0.3, 0.4) is 0 Å². The van der Waals surface area contributed by atoms with Crippen LogP contribution in [0.15, 0.2) is 48.6 Å². The summed E-state index contributed by atoms with van der Waals surface area (Å²) in [5.41, 5.74) is 0. The van der Waals surface area contributed by atoms with Gasteiger partial charge in [0.2, 0.25) is 5.91 Å². The van der Waals surface area contributed by atoms with Crippen LogP contribution in [-0.2, 0) is 14.3 Å². The Morgan fingerprint density at radius 2 is 0.847 bits per heavy atom. The molecule has 0 bridgehead atoms. The van der Waals surface area contributed by atoms with Gasteiger partial charge in [0.15, 0.2) is 0 Å². The Morgan fingerprint density at radius 1 is 0.475 bits per heavy atom. The van der Waals surface area contributed by atoms with E-state index >= 15 is 0 Å². The lowest BCUT2D eigenvalue weighted by atomic mass is 10.1. The lowest BCUT2D eigenvalue weighted by Crippen LogP contribution is -2.45. The molecule has 0 rings (SSSR count). The first-order valence-electron chi connectivity index (χ1n) is 25.4. The third-order valence-electron chi connectivity index (χ3n) is 11.3. The number of nitrogens with one attached hydrogen (secondary N) is 1. The van der Waals surface area contributed by atoms with Crippen LogP contribution >= 0.6 is 0 Å². The monoisotopic (exact) mass is 828 g/mol. The Balaban J connectivity index is 3.53. The van der Waals surface area contributed by atoms with E-state index in [1.165, 1.54) is 141 Å². The minimum Gasteiger partial charge on any atom is -0.466 e. The molecule has 0 spiro atoms. The first-order valence-corrected chi connectivity index (χ1v) is 25.4. The van der Waals surface area contributed by atoms with Crippen molar-refractivity contribution in [2.45, 2.75) is 264 Å². The fourth-order valence-electron chi connectivity index (χ4n) is 7.36. The van der Waals surface area contributed by atoms with Crippen LogP contribution < -0.4 is 5.32 Å². The van der Waals surface area contributed by atoms with Gasteiger partial charge in [-0.2, -0.15) is 0 Å². The highest BCUT2D eigenvalue weighted by molar-refractivity contribution is 5.76. The average Bonchev–Trinajstić information content (AvgIpc) is 3.24. The first-order chi connectivity index (χ1) is 29.0. The second kappa shape index (κ2) is 48.5. The quantitative estimate of drug-likeness (QED) is 0.0323. The number of unbranched alkanes of at least 4 members (excludes halogenated alkanes) is 29. The van der Waals surface area contributed by atoms with Crippen molar-refractivity contribution < 1.29 is 24.5 Å². The van der Waals surface area contributed by atoms with Gasteiger partial charge in [-0.25, -0.2) is 0 Å². The molecule has 3 N–H and O–H groups in total. The lowest BCUT2D eigenvalue weighted by molar-refractivity contribution is -0.143. The molecule has 0 aliphatic carbocycles. The fourth-order valence-corrected chi connectivity index (χ4v) is 7.36. The van der Waals surface area contributed by atoms with Crippen LogP contribution in [-0.4, -0.2) is 47.4 Å². The van der Waals surface area contributed by atoms with Gasteiger partial charge in [-0.15, -0.1) is 0 Å². The Kier molecular flexibility index (Phi) is 46.7. The standard InChI is InChI=1S/C53H97NO5/c1-3-5-7-9-11-13-15-16-23-27-31-35-39-43-47-53(58)59-48-44-40-36-32-28-24-21-19-17-18-20-22-26-30-34-38-42-46-52(57)54-50(49-55)51(56)45-41-37-33-29-25-14-12-10-8-6-4-2/h15-17,19,24,28,41,45,50-51,55-56H,3-14,18,20-23,25-27,29-40,42-44,46-49H2,1-2H3,(H,54,57)/b16-15-,19-17-,28-24-,45-41+. The van der Waals surface area contributed by atoms with Gasteiger partial charge in [0.1, 0.15) is 0 Å². The second-order valence-electron chi connectivity index (χ2n) is 17.1. The number of hydrogen-bond acceptors (Lipinski definition) is 5. The van der Waals surface area contributed by atoms with E-state index < -0.39 is 12.1 Å². The highest BCUT2D eigenvalue weighted by Crippen LogP contribution is 2.14. The highest BCUT2D eigenvalue weighted by atomic mass is 16.5. The van der Waals surface area contributed by atoms with Gasteiger partial charge in [-0.3, -0.25) is 9.59 Å². The number of carbonyl (C=O) groups excluding carboxylic acids is 2. The second-order valence-corrected chi connectivity index (χ2v) is 17.1. The molecule has 2 atom stereocenters. The number of ether oxygens (including phenoxy) is 1.